The summed E-state index contributed by atoms with van der Waals surface area (Å²) in [5.74, 6) is 0.413. The summed E-state index contributed by atoms with van der Waals surface area (Å²) < 4.78 is 5.54. The topological polar surface area (TPSA) is 72.6 Å². The summed E-state index contributed by atoms with van der Waals surface area (Å²) in [7, 11) is 0. The van der Waals surface area contributed by atoms with E-state index in [9.17, 15) is 15.2 Å². The molecule has 104 valence electrons. The van der Waals surface area contributed by atoms with Gasteiger partial charge in [-0.2, -0.15) is 0 Å². The molecule has 0 aliphatic heterocycles. The predicted octanol–water partition coefficient (Wildman–Crippen LogP) is 3.75. The van der Waals surface area contributed by atoms with Crippen LogP contribution in [0.4, 0.5) is 5.69 Å². The molecule has 0 aromatic heterocycles. The maximum absolute atomic E-state index is 10.8. The fraction of sp³-hybridized carbons (Fsp3) is 0.200. The first-order chi connectivity index (χ1) is 9.47. The summed E-state index contributed by atoms with van der Waals surface area (Å²) in [4.78, 5) is 10.2. The second-order valence-electron chi connectivity index (χ2n) is 4.65. The normalized spacial score (nSPS) is 10.6. The van der Waals surface area contributed by atoms with Crippen molar-refractivity contribution < 1.29 is 14.8 Å². The minimum Gasteiger partial charge on any atom is -0.502 e. The summed E-state index contributed by atoms with van der Waals surface area (Å²) in [6.45, 7) is 3.88. The highest BCUT2D eigenvalue weighted by atomic mass is 16.6. The van der Waals surface area contributed by atoms with E-state index < -0.39 is 4.92 Å². The first-order valence-corrected chi connectivity index (χ1v) is 6.22. The standard InChI is InChI=1S/C15H15NO4/c1-10(2)20-13-6-3-11(4-7-13)12-5-8-15(17)14(9-12)16(18)19/h3-10,17H,1-2H3. The SMILES string of the molecule is CC(C)Oc1ccc(-c2ccc(O)c([N+](=O)[O-])c2)cc1. The van der Waals surface area contributed by atoms with Gasteiger partial charge in [0.2, 0.25) is 0 Å². The zero-order valence-corrected chi connectivity index (χ0v) is 11.2. The molecule has 2 aromatic carbocycles. The van der Waals surface area contributed by atoms with E-state index in [0.717, 1.165) is 11.3 Å². The van der Waals surface area contributed by atoms with Crippen LogP contribution in [0.1, 0.15) is 13.8 Å². The van der Waals surface area contributed by atoms with Gasteiger partial charge in [-0.3, -0.25) is 10.1 Å². The number of phenols is 1. The first kappa shape index (κ1) is 13.9. The molecule has 2 rings (SSSR count). The number of rotatable bonds is 4. The zero-order chi connectivity index (χ0) is 14.7. The van der Waals surface area contributed by atoms with Crippen LogP contribution in [0.15, 0.2) is 42.5 Å². The Hall–Kier alpha value is -2.56. The molecule has 1 N–H and O–H groups in total. The molecule has 0 aliphatic rings. The van der Waals surface area contributed by atoms with Crippen molar-refractivity contribution in [2.45, 2.75) is 20.0 Å². The number of ether oxygens (including phenoxy) is 1. The lowest BCUT2D eigenvalue weighted by atomic mass is 10.0. The summed E-state index contributed by atoms with van der Waals surface area (Å²) in [5.41, 5.74) is 1.19. The first-order valence-electron chi connectivity index (χ1n) is 6.22. The minimum atomic E-state index is -0.602. The zero-order valence-electron chi connectivity index (χ0n) is 11.2. The molecule has 20 heavy (non-hydrogen) atoms. The lowest BCUT2D eigenvalue weighted by molar-refractivity contribution is -0.385. The number of nitro groups is 1. The molecule has 0 aliphatic carbocycles. The third-order valence-corrected chi connectivity index (χ3v) is 2.73. The van der Waals surface area contributed by atoms with Crippen LogP contribution in [-0.2, 0) is 0 Å². The summed E-state index contributed by atoms with van der Waals surface area (Å²) in [5, 5.41) is 20.2. The van der Waals surface area contributed by atoms with Gasteiger partial charge in [0.1, 0.15) is 5.75 Å². The lowest BCUT2D eigenvalue weighted by Crippen LogP contribution is -2.05. The second kappa shape index (κ2) is 5.61. The maximum atomic E-state index is 10.8. The van der Waals surface area contributed by atoms with E-state index in [4.69, 9.17) is 4.74 Å². The number of hydrogen-bond acceptors (Lipinski definition) is 4. The number of benzene rings is 2. The van der Waals surface area contributed by atoms with Crippen molar-refractivity contribution in [1.82, 2.24) is 0 Å². The third kappa shape index (κ3) is 3.06. The number of phenolic OH excluding ortho intramolecular Hbond substituents is 1. The second-order valence-corrected chi connectivity index (χ2v) is 4.65. The van der Waals surface area contributed by atoms with E-state index in [-0.39, 0.29) is 17.5 Å². The van der Waals surface area contributed by atoms with Gasteiger partial charge in [-0.1, -0.05) is 18.2 Å². The molecule has 5 nitrogen and oxygen atoms in total. The molecule has 0 bridgehead atoms. The van der Waals surface area contributed by atoms with E-state index in [1.165, 1.54) is 12.1 Å². The molecule has 0 heterocycles. The Morgan fingerprint density at radius 1 is 1.10 bits per heavy atom. The molecule has 0 spiro atoms. The Kier molecular flexibility index (Phi) is 3.89. The number of hydrogen-bond donors (Lipinski definition) is 1. The Morgan fingerprint density at radius 3 is 2.25 bits per heavy atom. The highest BCUT2D eigenvalue weighted by Gasteiger charge is 2.14. The van der Waals surface area contributed by atoms with Crippen LogP contribution in [-0.4, -0.2) is 16.1 Å². The van der Waals surface area contributed by atoms with E-state index in [1.807, 2.05) is 38.1 Å². The highest BCUT2D eigenvalue weighted by molar-refractivity contribution is 5.69. The van der Waals surface area contributed by atoms with Gasteiger partial charge in [-0.05, 0) is 43.2 Å². The fourth-order valence-electron chi connectivity index (χ4n) is 1.85. The molecule has 2 aromatic rings. The molecule has 0 saturated carbocycles. The molecular formula is C15H15NO4. The van der Waals surface area contributed by atoms with Gasteiger partial charge in [0, 0.05) is 6.07 Å². The van der Waals surface area contributed by atoms with Crippen LogP contribution >= 0.6 is 0 Å². The largest absolute Gasteiger partial charge is 0.502 e. The molecule has 0 fully saturated rings. The lowest BCUT2D eigenvalue weighted by Gasteiger charge is -2.10. The summed E-state index contributed by atoms with van der Waals surface area (Å²) in [6.07, 6.45) is 0.0932. The van der Waals surface area contributed by atoms with Crippen molar-refractivity contribution in [3.05, 3.63) is 52.6 Å². The summed E-state index contributed by atoms with van der Waals surface area (Å²) >= 11 is 0. The Balaban J connectivity index is 2.32. The Labute approximate surface area is 116 Å². The van der Waals surface area contributed by atoms with Crippen LogP contribution in [0.25, 0.3) is 11.1 Å². The van der Waals surface area contributed by atoms with Gasteiger partial charge in [0.15, 0.2) is 5.75 Å². The van der Waals surface area contributed by atoms with Gasteiger partial charge in [-0.25, -0.2) is 0 Å². The molecule has 0 saturated heterocycles. The van der Waals surface area contributed by atoms with Crippen LogP contribution in [0, 0.1) is 10.1 Å². The van der Waals surface area contributed by atoms with E-state index in [2.05, 4.69) is 0 Å². The smallest absolute Gasteiger partial charge is 0.311 e. The van der Waals surface area contributed by atoms with Gasteiger partial charge in [0.25, 0.3) is 0 Å². The predicted molar refractivity (Wildman–Crippen MR) is 76.0 cm³/mol. The van der Waals surface area contributed by atoms with Crippen molar-refractivity contribution in [1.29, 1.82) is 0 Å². The number of nitro benzene ring substituents is 1. The van der Waals surface area contributed by atoms with Crippen molar-refractivity contribution in [2.75, 3.05) is 0 Å². The number of nitrogens with zero attached hydrogens (tertiary/aromatic N) is 1. The van der Waals surface area contributed by atoms with E-state index >= 15 is 0 Å². The monoisotopic (exact) mass is 273 g/mol. The van der Waals surface area contributed by atoms with Gasteiger partial charge < -0.3 is 9.84 Å². The van der Waals surface area contributed by atoms with Gasteiger partial charge in [-0.15, -0.1) is 0 Å². The van der Waals surface area contributed by atoms with Crippen LogP contribution < -0.4 is 4.74 Å². The Bertz CT molecular complexity index is 620. The van der Waals surface area contributed by atoms with Crippen molar-refractivity contribution >= 4 is 5.69 Å². The quantitative estimate of drug-likeness (QED) is 0.680. The third-order valence-electron chi connectivity index (χ3n) is 2.73. The minimum absolute atomic E-state index is 0.0932. The average Bonchev–Trinajstić information content (AvgIpc) is 2.39. The van der Waals surface area contributed by atoms with Crippen LogP contribution in [0.5, 0.6) is 11.5 Å². The van der Waals surface area contributed by atoms with E-state index in [1.54, 1.807) is 6.07 Å². The highest BCUT2D eigenvalue weighted by Crippen LogP contribution is 2.31. The van der Waals surface area contributed by atoms with E-state index in [0.29, 0.717) is 5.56 Å². The fourth-order valence-corrected chi connectivity index (χ4v) is 1.85. The average molecular weight is 273 g/mol. The Morgan fingerprint density at radius 2 is 1.70 bits per heavy atom. The van der Waals surface area contributed by atoms with Crippen molar-refractivity contribution in [3.8, 4) is 22.6 Å². The van der Waals surface area contributed by atoms with Crippen LogP contribution in [0.2, 0.25) is 0 Å². The molecule has 0 radical (unpaired) electrons. The molecule has 0 atom stereocenters. The van der Waals surface area contributed by atoms with Crippen molar-refractivity contribution in [2.24, 2.45) is 0 Å². The van der Waals surface area contributed by atoms with Crippen LogP contribution in [0.3, 0.4) is 0 Å². The maximum Gasteiger partial charge on any atom is 0.311 e. The molecule has 0 amide bonds. The summed E-state index contributed by atoms with van der Waals surface area (Å²) in [6, 6.07) is 11.6. The molecular weight excluding hydrogens is 258 g/mol. The number of aromatic hydroxyl groups is 1. The van der Waals surface area contributed by atoms with Gasteiger partial charge >= 0.3 is 5.69 Å². The molecule has 0 unspecified atom stereocenters. The molecule has 5 heteroatoms. The van der Waals surface area contributed by atoms with Crippen molar-refractivity contribution in [3.63, 3.8) is 0 Å². The van der Waals surface area contributed by atoms with Gasteiger partial charge in [0.05, 0.1) is 11.0 Å².